The summed E-state index contributed by atoms with van der Waals surface area (Å²) >= 11 is 0. The van der Waals surface area contributed by atoms with Gasteiger partial charge in [0.1, 0.15) is 17.0 Å². The van der Waals surface area contributed by atoms with Gasteiger partial charge in [-0.1, -0.05) is 0 Å². The van der Waals surface area contributed by atoms with Crippen molar-refractivity contribution in [3.05, 3.63) is 18.3 Å². The molecule has 1 aliphatic rings. The van der Waals surface area contributed by atoms with Gasteiger partial charge in [0, 0.05) is 32.4 Å². The van der Waals surface area contributed by atoms with E-state index in [4.69, 9.17) is 14.2 Å². The van der Waals surface area contributed by atoms with Crippen molar-refractivity contribution in [2.24, 2.45) is 0 Å². The lowest BCUT2D eigenvalue weighted by atomic mass is 9.98. The Kier molecular flexibility index (Phi) is 4.40. The van der Waals surface area contributed by atoms with Gasteiger partial charge in [0.2, 0.25) is 0 Å². The molecule has 0 spiro atoms. The molecule has 2 aromatic heterocycles. The maximum absolute atomic E-state index is 12.1. The van der Waals surface area contributed by atoms with E-state index in [1.807, 2.05) is 20.8 Å². The van der Waals surface area contributed by atoms with Crippen LogP contribution in [0.4, 0.5) is 10.6 Å². The van der Waals surface area contributed by atoms with Crippen molar-refractivity contribution in [1.82, 2.24) is 9.88 Å². The number of carbonyl (C=O) groups excluding carboxylic acids is 1. The number of nitrogens with zero attached hydrogens (tertiary/aromatic N) is 3. The van der Waals surface area contributed by atoms with Gasteiger partial charge < -0.3 is 24.0 Å². The lowest BCUT2D eigenvalue weighted by molar-refractivity contribution is 0.0240. The molecule has 3 heterocycles. The molecule has 2 aromatic rings. The van der Waals surface area contributed by atoms with E-state index in [2.05, 4.69) is 9.88 Å². The first kappa shape index (κ1) is 16.6. The molecule has 0 atom stereocenters. The van der Waals surface area contributed by atoms with Gasteiger partial charge in [0.05, 0.1) is 11.0 Å². The first-order chi connectivity index (χ1) is 11.4. The summed E-state index contributed by atoms with van der Waals surface area (Å²) in [6.07, 6.45) is 1.40. The third-order valence-corrected chi connectivity index (χ3v) is 3.80. The number of pyridine rings is 1. The van der Waals surface area contributed by atoms with Crippen molar-refractivity contribution in [1.29, 1.82) is 0 Å². The topological polar surface area (TPSA) is 79.0 Å². The number of anilines is 1. The van der Waals surface area contributed by atoms with Crippen LogP contribution in [-0.4, -0.2) is 60.3 Å². The number of fused-ring (bicyclic) bond motifs is 1. The summed E-state index contributed by atoms with van der Waals surface area (Å²) in [4.78, 5) is 20.4. The van der Waals surface area contributed by atoms with E-state index in [1.54, 1.807) is 23.2 Å². The number of ether oxygens (including phenoxy) is 1. The van der Waals surface area contributed by atoms with Crippen LogP contribution >= 0.6 is 0 Å². The first-order valence-electron chi connectivity index (χ1n) is 7.96. The molecule has 1 aliphatic heterocycles. The van der Waals surface area contributed by atoms with Gasteiger partial charge in [-0.25, -0.2) is 9.78 Å². The predicted octanol–water partition coefficient (Wildman–Crippen LogP) is 1.12. The summed E-state index contributed by atoms with van der Waals surface area (Å²) in [5, 5.41) is 9.97. The van der Waals surface area contributed by atoms with Crippen molar-refractivity contribution >= 4 is 36.0 Å². The molecule has 0 bridgehead atoms. The molecule has 0 unspecified atom stereocenters. The molecular weight excluding hydrogens is 309 g/mol. The van der Waals surface area contributed by atoms with Crippen molar-refractivity contribution in [3.63, 3.8) is 0 Å². The Balaban J connectivity index is 1.71. The van der Waals surface area contributed by atoms with Gasteiger partial charge in [0.15, 0.2) is 0 Å². The maximum Gasteiger partial charge on any atom is 0.410 e. The van der Waals surface area contributed by atoms with Crippen LogP contribution in [0, 0.1) is 0 Å². The Labute approximate surface area is 141 Å². The Hall–Kier alpha value is -2.22. The highest BCUT2D eigenvalue weighted by molar-refractivity contribution is 6.44. The molecule has 8 heteroatoms. The van der Waals surface area contributed by atoms with Crippen LogP contribution in [0.25, 0.3) is 11.0 Å². The smallest absolute Gasteiger partial charge is 0.410 e. The van der Waals surface area contributed by atoms with Crippen LogP contribution in [0.5, 0.6) is 0 Å². The molecule has 1 radical (unpaired) electrons. The number of aromatic nitrogens is 1. The van der Waals surface area contributed by atoms with Crippen molar-refractivity contribution in [2.75, 3.05) is 31.1 Å². The van der Waals surface area contributed by atoms with Crippen molar-refractivity contribution in [3.8, 4) is 0 Å². The molecule has 3 rings (SSSR count). The van der Waals surface area contributed by atoms with Crippen LogP contribution in [-0.2, 0) is 4.74 Å². The fourth-order valence-electron chi connectivity index (χ4n) is 2.71. The Morgan fingerprint density at radius 1 is 1.33 bits per heavy atom. The fourth-order valence-corrected chi connectivity index (χ4v) is 2.71. The van der Waals surface area contributed by atoms with Crippen molar-refractivity contribution in [2.45, 2.75) is 26.4 Å². The number of piperazine rings is 1. The van der Waals surface area contributed by atoms with Crippen LogP contribution in [0.15, 0.2) is 22.7 Å². The zero-order valence-corrected chi connectivity index (χ0v) is 14.2. The Bertz CT molecular complexity index is 732. The highest BCUT2D eigenvalue weighted by Crippen LogP contribution is 2.25. The fraction of sp³-hybridized carbons (Fsp3) is 0.500. The SMILES string of the molecule is CC(C)(C)OC(=O)N1CCN(c2nccc3oc([B]O)cc23)CC1. The predicted molar refractivity (Wildman–Crippen MR) is 91.6 cm³/mol. The van der Waals surface area contributed by atoms with E-state index in [0.717, 1.165) is 18.7 Å². The lowest BCUT2D eigenvalue weighted by Gasteiger charge is -2.36. The Morgan fingerprint density at radius 3 is 2.67 bits per heavy atom. The van der Waals surface area contributed by atoms with Gasteiger partial charge >= 0.3 is 13.6 Å². The van der Waals surface area contributed by atoms with Gasteiger partial charge in [-0.15, -0.1) is 0 Å². The molecule has 0 aliphatic carbocycles. The standard InChI is InChI=1S/C16H21BN3O4/c1-16(2,3)24-15(21)20-8-6-19(7-9-20)14-11-10-13(17-22)23-12(11)4-5-18-14/h4-5,10,22H,6-9H2,1-3H3. The molecule has 7 nitrogen and oxygen atoms in total. The number of rotatable bonds is 2. The molecule has 1 fully saturated rings. The zero-order chi connectivity index (χ0) is 17.3. The van der Waals surface area contributed by atoms with E-state index in [9.17, 15) is 4.79 Å². The minimum Gasteiger partial charge on any atom is -0.468 e. The quantitative estimate of drug-likeness (QED) is 0.832. The van der Waals surface area contributed by atoms with Gasteiger partial charge in [-0.2, -0.15) is 0 Å². The number of hydrogen-bond donors (Lipinski definition) is 1. The molecular formula is C16H21BN3O4. The summed E-state index contributed by atoms with van der Waals surface area (Å²) in [6.45, 7) is 8.05. The third-order valence-electron chi connectivity index (χ3n) is 3.80. The Morgan fingerprint density at radius 2 is 2.04 bits per heavy atom. The van der Waals surface area contributed by atoms with Gasteiger partial charge in [0.25, 0.3) is 0 Å². The van der Waals surface area contributed by atoms with Crippen LogP contribution in [0.1, 0.15) is 20.8 Å². The van der Waals surface area contributed by atoms with Gasteiger partial charge in [-0.05, 0) is 32.9 Å². The molecule has 0 aromatic carbocycles. The second kappa shape index (κ2) is 6.35. The van der Waals surface area contributed by atoms with E-state index < -0.39 is 5.60 Å². The summed E-state index contributed by atoms with van der Waals surface area (Å²) in [7, 11) is 0.935. The minimum absolute atomic E-state index is 0.284. The third kappa shape index (κ3) is 3.48. The molecule has 1 N–H and O–H groups in total. The van der Waals surface area contributed by atoms with Gasteiger partial charge in [-0.3, -0.25) is 0 Å². The second-order valence-electron chi connectivity index (χ2n) is 6.78. The van der Waals surface area contributed by atoms with Crippen LogP contribution in [0.2, 0.25) is 0 Å². The number of hydrogen-bond acceptors (Lipinski definition) is 6. The zero-order valence-electron chi connectivity index (χ0n) is 14.2. The monoisotopic (exact) mass is 330 g/mol. The molecule has 24 heavy (non-hydrogen) atoms. The first-order valence-corrected chi connectivity index (χ1v) is 7.96. The average Bonchev–Trinajstić information content (AvgIpc) is 2.96. The number of amides is 1. The summed E-state index contributed by atoms with van der Waals surface area (Å²) in [6, 6.07) is 3.53. The summed E-state index contributed by atoms with van der Waals surface area (Å²) in [5.41, 5.74) is 0.580. The molecule has 1 amide bonds. The highest BCUT2D eigenvalue weighted by Gasteiger charge is 2.27. The highest BCUT2D eigenvalue weighted by atomic mass is 16.6. The molecule has 0 saturated carbocycles. The van der Waals surface area contributed by atoms with E-state index in [-0.39, 0.29) is 6.09 Å². The van der Waals surface area contributed by atoms with Crippen LogP contribution < -0.4 is 10.6 Å². The number of carbonyl (C=O) groups is 1. The van der Waals surface area contributed by atoms with Crippen molar-refractivity contribution < 1.29 is 19.0 Å². The second-order valence-corrected chi connectivity index (χ2v) is 6.78. The molecule has 127 valence electrons. The lowest BCUT2D eigenvalue weighted by Crippen LogP contribution is -2.50. The molecule has 1 saturated heterocycles. The average molecular weight is 330 g/mol. The number of furan rings is 1. The normalized spacial score (nSPS) is 15.7. The van der Waals surface area contributed by atoms with Crippen LogP contribution in [0.3, 0.4) is 0 Å². The van der Waals surface area contributed by atoms with E-state index in [1.165, 1.54) is 0 Å². The maximum atomic E-state index is 12.1. The summed E-state index contributed by atoms with van der Waals surface area (Å²) < 4.78 is 10.9. The largest absolute Gasteiger partial charge is 0.468 e. The van der Waals surface area contributed by atoms with E-state index >= 15 is 0 Å². The minimum atomic E-state index is -0.491. The summed E-state index contributed by atoms with van der Waals surface area (Å²) in [5.74, 6) is 0.799. The van der Waals surface area contributed by atoms with E-state index in [0.29, 0.717) is 37.4 Å².